The van der Waals surface area contributed by atoms with Crippen LogP contribution in [0.1, 0.15) is 52.5 Å². The molecular formula is C25H44N4O2. The summed E-state index contributed by atoms with van der Waals surface area (Å²) < 4.78 is 11.0. The first-order chi connectivity index (χ1) is 14.8. The first kappa shape index (κ1) is 25.5. The van der Waals surface area contributed by atoms with Crippen LogP contribution in [0.3, 0.4) is 0 Å². The van der Waals surface area contributed by atoms with Crippen LogP contribution in [0.25, 0.3) is 0 Å². The first-order valence-electron chi connectivity index (χ1n) is 11.8. The maximum atomic E-state index is 5.82. The molecule has 0 bridgehead atoms. The summed E-state index contributed by atoms with van der Waals surface area (Å²) in [6, 6.07) is 8.98. The van der Waals surface area contributed by atoms with Crippen LogP contribution in [-0.2, 0) is 10.2 Å². The molecule has 1 aromatic carbocycles. The van der Waals surface area contributed by atoms with E-state index in [0.29, 0.717) is 12.0 Å². The third-order valence-electron chi connectivity index (χ3n) is 5.89. The molecule has 6 heteroatoms. The maximum Gasteiger partial charge on any atom is 0.191 e. The number of hydrogen-bond donors (Lipinski definition) is 2. The normalized spacial score (nSPS) is 16.5. The number of piperidine rings is 1. The summed E-state index contributed by atoms with van der Waals surface area (Å²) in [4.78, 5) is 6.99. The number of nitrogens with zero attached hydrogens (tertiary/aromatic N) is 2. The van der Waals surface area contributed by atoms with E-state index in [1.807, 2.05) is 7.05 Å². The molecule has 0 radical (unpaired) electrons. The highest BCUT2D eigenvalue weighted by Crippen LogP contribution is 2.25. The third-order valence-corrected chi connectivity index (χ3v) is 5.89. The lowest BCUT2D eigenvalue weighted by molar-refractivity contribution is 0.155. The molecule has 0 saturated carbocycles. The minimum atomic E-state index is -0.0150. The van der Waals surface area contributed by atoms with Crippen LogP contribution >= 0.6 is 0 Å². The molecule has 2 N–H and O–H groups in total. The van der Waals surface area contributed by atoms with E-state index in [0.717, 1.165) is 70.4 Å². The van der Waals surface area contributed by atoms with Crippen molar-refractivity contribution in [3.63, 3.8) is 0 Å². The van der Waals surface area contributed by atoms with Crippen molar-refractivity contribution in [3.05, 3.63) is 29.8 Å². The number of hydrogen-bond acceptors (Lipinski definition) is 4. The maximum absolute atomic E-state index is 5.82. The summed E-state index contributed by atoms with van der Waals surface area (Å²) in [6.07, 6.45) is 3.40. The van der Waals surface area contributed by atoms with Crippen LogP contribution in [0.15, 0.2) is 29.3 Å². The molecule has 1 aliphatic heterocycles. The molecule has 0 unspecified atom stereocenters. The topological polar surface area (TPSA) is 58.1 Å². The lowest BCUT2D eigenvalue weighted by Gasteiger charge is -2.33. The Labute approximate surface area is 189 Å². The lowest BCUT2D eigenvalue weighted by Crippen LogP contribution is -2.50. The fraction of sp³-hybridized carbons (Fsp3) is 0.720. The van der Waals surface area contributed by atoms with Crippen LogP contribution in [0.2, 0.25) is 0 Å². The Bertz CT molecular complexity index is 650. The van der Waals surface area contributed by atoms with Gasteiger partial charge in [-0.25, -0.2) is 0 Å². The molecule has 1 aromatic rings. The van der Waals surface area contributed by atoms with E-state index in [2.05, 4.69) is 72.5 Å². The van der Waals surface area contributed by atoms with Crippen molar-refractivity contribution in [3.8, 4) is 5.75 Å². The number of benzene rings is 1. The number of methoxy groups -OCH3 is 1. The van der Waals surface area contributed by atoms with E-state index in [1.165, 1.54) is 5.56 Å². The van der Waals surface area contributed by atoms with Crippen LogP contribution < -0.4 is 15.4 Å². The van der Waals surface area contributed by atoms with Gasteiger partial charge in [-0.15, -0.1) is 0 Å². The van der Waals surface area contributed by atoms with Crippen LogP contribution in [0, 0.1) is 5.92 Å². The van der Waals surface area contributed by atoms with E-state index in [4.69, 9.17) is 9.47 Å². The van der Waals surface area contributed by atoms with E-state index >= 15 is 0 Å². The van der Waals surface area contributed by atoms with Crippen molar-refractivity contribution >= 4 is 5.96 Å². The number of ether oxygens (including phenoxy) is 2. The van der Waals surface area contributed by atoms with Crippen molar-refractivity contribution in [1.82, 2.24) is 15.5 Å². The average molecular weight is 433 g/mol. The summed E-state index contributed by atoms with van der Waals surface area (Å²) in [5.74, 6) is 2.36. The highest BCUT2D eigenvalue weighted by Gasteiger charge is 2.23. The molecule has 1 aliphatic rings. The van der Waals surface area contributed by atoms with Crippen molar-refractivity contribution in [2.75, 3.05) is 53.6 Å². The molecule has 1 heterocycles. The van der Waals surface area contributed by atoms with Gasteiger partial charge in [-0.3, -0.25) is 4.99 Å². The summed E-state index contributed by atoms with van der Waals surface area (Å²) in [5, 5.41) is 7.16. The van der Waals surface area contributed by atoms with Gasteiger partial charge < -0.3 is 25.0 Å². The number of aliphatic imine (C=N–C) groups is 1. The molecule has 0 aliphatic carbocycles. The fourth-order valence-electron chi connectivity index (χ4n) is 3.79. The standard InChI is InChI=1S/C25H44N4O2/c1-20(2)18-31-23-10-8-21(9-11-23)25(3,4)19-27-24(26-5)28-22-12-15-29(16-13-22)14-7-17-30-6/h8-11,20,22H,7,12-19H2,1-6H3,(H2,26,27,28). The molecule has 0 atom stereocenters. The van der Waals surface area contributed by atoms with Gasteiger partial charge in [-0.05, 0) is 42.9 Å². The largest absolute Gasteiger partial charge is 0.493 e. The molecule has 2 rings (SSSR count). The van der Waals surface area contributed by atoms with Gasteiger partial charge in [0, 0.05) is 58.4 Å². The quantitative estimate of drug-likeness (QED) is 0.317. The van der Waals surface area contributed by atoms with E-state index in [1.54, 1.807) is 7.11 Å². The zero-order valence-corrected chi connectivity index (χ0v) is 20.5. The molecular weight excluding hydrogens is 388 g/mol. The Hall–Kier alpha value is -1.79. The first-order valence-corrected chi connectivity index (χ1v) is 11.8. The lowest BCUT2D eigenvalue weighted by atomic mass is 9.84. The number of guanidine groups is 1. The van der Waals surface area contributed by atoms with Gasteiger partial charge >= 0.3 is 0 Å². The molecule has 0 amide bonds. The van der Waals surface area contributed by atoms with E-state index in [-0.39, 0.29) is 5.41 Å². The molecule has 176 valence electrons. The summed E-state index contributed by atoms with van der Waals surface area (Å²) in [7, 11) is 3.62. The van der Waals surface area contributed by atoms with Crippen LogP contribution in [0.4, 0.5) is 0 Å². The Morgan fingerprint density at radius 2 is 1.87 bits per heavy atom. The second-order valence-corrected chi connectivity index (χ2v) is 9.65. The van der Waals surface area contributed by atoms with Crippen LogP contribution in [-0.4, -0.2) is 70.5 Å². The third kappa shape index (κ3) is 9.08. The van der Waals surface area contributed by atoms with Gasteiger partial charge in [0.2, 0.25) is 0 Å². The van der Waals surface area contributed by atoms with Gasteiger partial charge in [0.05, 0.1) is 6.61 Å². The minimum Gasteiger partial charge on any atom is -0.493 e. The summed E-state index contributed by atoms with van der Waals surface area (Å²) >= 11 is 0. The molecule has 6 nitrogen and oxygen atoms in total. The average Bonchev–Trinajstić information content (AvgIpc) is 2.76. The van der Waals surface area contributed by atoms with Crippen LogP contribution in [0.5, 0.6) is 5.75 Å². The van der Waals surface area contributed by atoms with Gasteiger partial charge in [-0.1, -0.05) is 39.8 Å². The molecule has 1 fully saturated rings. The predicted octanol–water partition coefficient (Wildman–Crippen LogP) is 3.66. The molecule has 1 saturated heterocycles. The number of nitrogens with one attached hydrogen (secondary N) is 2. The zero-order chi connectivity index (χ0) is 22.7. The molecule has 31 heavy (non-hydrogen) atoms. The van der Waals surface area contributed by atoms with Gasteiger partial charge in [0.15, 0.2) is 5.96 Å². The van der Waals surface area contributed by atoms with Gasteiger partial charge in [0.25, 0.3) is 0 Å². The SMILES string of the molecule is CN=C(NCC(C)(C)c1ccc(OCC(C)C)cc1)NC1CCN(CCCOC)CC1. The van der Waals surface area contributed by atoms with Crippen molar-refractivity contribution in [2.24, 2.45) is 10.9 Å². The fourth-order valence-corrected chi connectivity index (χ4v) is 3.79. The molecule has 0 spiro atoms. The summed E-state index contributed by atoms with van der Waals surface area (Å²) in [5.41, 5.74) is 1.27. The van der Waals surface area contributed by atoms with Gasteiger partial charge in [-0.2, -0.15) is 0 Å². The van der Waals surface area contributed by atoms with Crippen molar-refractivity contribution < 1.29 is 9.47 Å². The molecule has 0 aromatic heterocycles. The monoisotopic (exact) mass is 432 g/mol. The smallest absolute Gasteiger partial charge is 0.191 e. The zero-order valence-electron chi connectivity index (χ0n) is 20.5. The van der Waals surface area contributed by atoms with E-state index < -0.39 is 0 Å². The van der Waals surface area contributed by atoms with Crippen molar-refractivity contribution in [1.29, 1.82) is 0 Å². The highest BCUT2D eigenvalue weighted by atomic mass is 16.5. The van der Waals surface area contributed by atoms with E-state index in [9.17, 15) is 0 Å². The second kappa shape index (κ2) is 12.9. The highest BCUT2D eigenvalue weighted by molar-refractivity contribution is 5.80. The summed E-state index contributed by atoms with van der Waals surface area (Å²) in [6.45, 7) is 14.6. The minimum absolute atomic E-state index is 0.0150. The second-order valence-electron chi connectivity index (χ2n) is 9.65. The Morgan fingerprint density at radius 1 is 1.19 bits per heavy atom. The Kier molecular flexibility index (Phi) is 10.6. The van der Waals surface area contributed by atoms with Crippen molar-refractivity contribution in [2.45, 2.75) is 58.4 Å². The Morgan fingerprint density at radius 3 is 2.45 bits per heavy atom. The predicted molar refractivity (Wildman–Crippen MR) is 130 cm³/mol. The Balaban J connectivity index is 1.78. The van der Waals surface area contributed by atoms with Gasteiger partial charge in [0.1, 0.15) is 5.75 Å². The number of likely N-dealkylation sites (tertiary alicyclic amines) is 1. The number of rotatable bonds is 11.